The van der Waals surface area contributed by atoms with Crippen molar-refractivity contribution in [1.29, 1.82) is 0 Å². The molecule has 0 bridgehead atoms. The zero-order chi connectivity index (χ0) is 12.2. The van der Waals surface area contributed by atoms with E-state index in [1.165, 1.54) is 17.5 Å². The van der Waals surface area contributed by atoms with Gasteiger partial charge in [-0.2, -0.15) is 0 Å². The lowest BCUT2D eigenvalue weighted by Crippen LogP contribution is -2.27. The van der Waals surface area contributed by atoms with Gasteiger partial charge in [0, 0.05) is 23.9 Å². The summed E-state index contributed by atoms with van der Waals surface area (Å²) in [6, 6.07) is 1.93. The van der Waals surface area contributed by atoms with Gasteiger partial charge in [-0.3, -0.25) is 4.79 Å². The summed E-state index contributed by atoms with van der Waals surface area (Å²) in [5.74, 6) is 0.568. The average Bonchev–Trinajstić information content (AvgIpc) is 2.66. The van der Waals surface area contributed by atoms with E-state index in [0.717, 1.165) is 29.5 Å². The molecule has 1 aliphatic heterocycles. The molecule has 1 aliphatic carbocycles. The summed E-state index contributed by atoms with van der Waals surface area (Å²) in [7, 11) is 0. The number of carbonyl (C=O) groups excluding carboxylic acids is 1. The minimum Gasteiger partial charge on any atom is -0.310 e. The molecule has 1 atom stereocenters. The molecule has 2 aliphatic rings. The number of rotatable bonds is 0. The van der Waals surface area contributed by atoms with E-state index < -0.39 is 0 Å². The van der Waals surface area contributed by atoms with Crippen LogP contribution in [-0.2, 0) is 11.2 Å². The second kappa shape index (κ2) is 3.99. The first-order chi connectivity index (χ1) is 8.09. The number of benzene rings is 1. The topological polar surface area (TPSA) is 20.3 Å². The van der Waals surface area contributed by atoms with Gasteiger partial charge in [0.1, 0.15) is 0 Å². The molecular weight excluding hydrogens is 302 g/mol. The van der Waals surface area contributed by atoms with Crippen LogP contribution in [0.2, 0.25) is 5.02 Å². The predicted octanol–water partition coefficient (Wildman–Crippen LogP) is 3.89. The summed E-state index contributed by atoms with van der Waals surface area (Å²) < 4.78 is 1.09. The first kappa shape index (κ1) is 11.5. The molecule has 3 rings (SSSR count). The molecule has 0 aromatic heterocycles. The third-order valence-electron chi connectivity index (χ3n) is 3.79. The Hall–Kier alpha value is -0.540. The van der Waals surface area contributed by atoms with Crippen molar-refractivity contribution in [2.75, 3.05) is 11.4 Å². The SMILES string of the molecule is CC(=O)N1CC2CCCc3c(Br)cc(Cl)c1c32. The molecular formula is C13H13BrClNO. The van der Waals surface area contributed by atoms with Gasteiger partial charge in [0.25, 0.3) is 0 Å². The number of anilines is 1. The van der Waals surface area contributed by atoms with Gasteiger partial charge in [-0.1, -0.05) is 27.5 Å². The Morgan fingerprint density at radius 3 is 3.06 bits per heavy atom. The molecule has 4 heteroatoms. The van der Waals surface area contributed by atoms with Crippen LogP contribution in [0.5, 0.6) is 0 Å². The molecule has 1 unspecified atom stereocenters. The third-order valence-corrected chi connectivity index (χ3v) is 4.78. The third kappa shape index (κ3) is 1.63. The van der Waals surface area contributed by atoms with E-state index in [9.17, 15) is 4.79 Å². The maximum absolute atomic E-state index is 11.7. The predicted molar refractivity (Wildman–Crippen MR) is 72.9 cm³/mol. The molecule has 1 heterocycles. The van der Waals surface area contributed by atoms with Crippen molar-refractivity contribution in [3.63, 3.8) is 0 Å². The molecule has 0 N–H and O–H groups in total. The van der Waals surface area contributed by atoms with Gasteiger partial charge in [0.15, 0.2) is 0 Å². The minimum absolute atomic E-state index is 0.0887. The van der Waals surface area contributed by atoms with Crippen molar-refractivity contribution in [3.05, 3.63) is 26.7 Å². The van der Waals surface area contributed by atoms with Crippen LogP contribution in [0.4, 0.5) is 5.69 Å². The largest absolute Gasteiger partial charge is 0.310 e. The molecule has 0 radical (unpaired) electrons. The summed E-state index contributed by atoms with van der Waals surface area (Å²) in [6.07, 6.45) is 3.45. The van der Waals surface area contributed by atoms with E-state index in [0.29, 0.717) is 10.9 Å². The molecule has 0 saturated heterocycles. The Kier molecular flexibility index (Phi) is 2.71. The molecule has 90 valence electrons. The van der Waals surface area contributed by atoms with Gasteiger partial charge in [0.05, 0.1) is 10.7 Å². The first-order valence-electron chi connectivity index (χ1n) is 5.88. The highest BCUT2D eigenvalue weighted by Crippen LogP contribution is 2.50. The lowest BCUT2D eigenvalue weighted by atomic mass is 9.84. The number of nitrogens with zero attached hydrogens (tertiary/aromatic N) is 1. The van der Waals surface area contributed by atoms with Crippen LogP contribution in [0.1, 0.15) is 36.8 Å². The Labute approximate surface area is 114 Å². The van der Waals surface area contributed by atoms with E-state index in [-0.39, 0.29) is 5.91 Å². The second-order valence-electron chi connectivity index (χ2n) is 4.80. The zero-order valence-electron chi connectivity index (χ0n) is 9.59. The summed E-state index contributed by atoms with van der Waals surface area (Å²) >= 11 is 9.90. The van der Waals surface area contributed by atoms with Gasteiger partial charge < -0.3 is 4.90 Å². The summed E-state index contributed by atoms with van der Waals surface area (Å²) in [4.78, 5) is 13.5. The van der Waals surface area contributed by atoms with Crippen molar-refractivity contribution >= 4 is 39.1 Å². The van der Waals surface area contributed by atoms with Crippen LogP contribution in [0, 0.1) is 0 Å². The van der Waals surface area contributed by atoms with E-state index in [4.69, 9.17) is 11.6 Å². The van der Waals surface area contributed by atoms with Crippen LogP contribution >= 0.6 is 27.5 Å². The number of amides is 1. The van der Waals surface area contributed by atoms with Gasteiger partial charge in [-0.15, -0.1) is 0 Å². The monoisotopic (exact) mass is 313 g/mol. The smallest absolute Gasteiger partial charge is 0.223 e. The number of hydrogen-bond acceptors (Lipinski definition) is 1. The fourth-order valence-electron chi connectivity index (χ4n) is 3.08. The van der Waals surface area contributed by atoms with Crippen LogP contribution in [0.15, 0.2) is 10.5 Å². The maximum Gasteiger partial charge on any atom is 0.223 e. The quantitative estimate of drug-likeness (QED) is 0.711. The molecule has 2 nitrogen and oxygen atoms in total. The maximum atomic E-state index is 11.7. The molecule has 1 aromatic rings. The molecule has 17 heavy (non-hydrogen) atoms. The normalized spacial score (nSPS) is 21.6. The molecule has 0 saturated carbocycles. The van der Waals surface area contributed by atoms with Crippen LogP contribution in [0.3, 0.4) is 0 Å². The van der Waals surface area contributed by atoms with Gasteiger partial charge in [0.2, 0.25) is 5.91 Å². The van der Waals surface area contributed by atoms with Crippen molar-refractivity contribution in [3.8, 4) is 0 Å². The lowest BCUT2D eigenvalue weighted by molar-refractivity contribution is -0.116. The first-order valence-corrected chi connectivity index (χ1v) is 7.05. The molecule has 1 aromatic carbocycles. The number of halogens is 2. The van der Waals surface area contributed by atoms with Gasteiger partial charge >= 0.3 is 0 Å². The summed E-state index contributed by atoms with van der Waals surface area (Å²) in [5.41, 5.74) is 3.62. The Balaban J connectivity index is 2.26. The fraction of sp³-hybridized carbons (Fsp3) is 0.462. The molecule has 1 amide bonds. The zero-order valence-corrected chi connectivity index (χ0v) is 11.9. The van der Waals surface area contributed by atoms with E-state index in [1.807, 2.05) is 11.0 Å². The van der Waals surface area contributed by atoms with Crippen LogP contribution < -0.4 is 4.90 Å². The highest BCUT2D eigenvalue weighted by molar-refractivity contribution is 9.10. The highest BCUT2D eigenvalue weighted by atomic mass is 79.9. The second-order valence-corrected chi connectivity index (χ2v) is 6.06. The standard InChI is InChI=1S/C13H13BrClNO/c1-7(17)16-6-8-3-2-4-9-10(14)5-11(15)13(16)12(8)9/h5,8H,2-4,6H2,1H3. The van der Waals surface area contributed by atoms with Gasteiger partial charge in [-0.05, 0) is 36.5 Å². The van der Waals surface area contributed by atoms with E-state index in [2.05, 4.69) is 15.9 Å². The van der Waals surface area contributed by atoms with Crippen LogP contribution in [0.25, 0.3) is 0 Å². The highest BCUT2D eigenvalue weighted by Gasteiger charge is 2.37. The van der Waals surface area contributed by atoms with Gasteiger partial charge in [-0.25, -0.2) is 0 Å². The van der Waals surface area contributed by atoms with Crippen molar-refractivity contribution in [2.24, 2.45) is 0 Å². The fourth-order valence-corrected chi connectivity index (χ4v) is 4.17. The van der Waals surface area contributed by atoms with Crippen molar-refractivity contribution in [1.82, 2.24) is 0 Å². The summed E-state index contributed by atoms with van der Waals surface area (Å²) in [6.45, 7) is 2.41. The Morgan fingerprint density at radius 2 is 2.35 bits per heavy atom. The molecule has 0 fully saturated rings. The molecule has 0 spiro atoms. The Bertz CT molecular complexity index is 515. The minimum atomic E-state index is 0.0887. The average molecular weight is 315 g/mol. The number of carbonyl (C=O) groups is 1. The number of hydrogen-bond donors (Lipinski definition) is 0. The summed E-state index contributed by atoms with van der Waals surface area (Å²) in [5, 5.41) is 0.690. The van der Waals surface area contributed by atoms with Crippen molar-refractivity contribution < 1.29 is 4.79 Å². The van der Waals surface area contributed by atoms with Crippen LogP contribution in [-0.4, -0.2) is 12.5 Å². The van der Waals surface area contributed by atoms with E-state index in [1.54, 1.807) is 6.92 Å². The van der Waals surface area contributed by atoms with E-state index >= 15 is 0 Å². The lowest BCUT2D eigenvalue weighted by Gasteiger charge is -2.22. The van der Waals surface area contributed by atoms with Crippen molar-refractivity contribution in [2.45, 2.75) is 32.1 Å². The Morgan fingerprint density at radius 1 is 1.59 bits per heavy atom.